The van der Waals surface area contributed by atoms with E-state index in [-0.39, 0.29) is 30.5 Å². The molecule has 3 rings (SSSR count). The molecule has 9 nitrogen and oxygen atoms in total. The molecule has 0 spiro atoms. The first kappa shape index (κ1) is 16.3. The van der Waals surface area contributed by atoms with E-state index < -0.39 is 40.8 Å². The minimum Gasteiger partial charge on any atom is -0.459 e. The molecular formula is C15H15NO8. The van der Waals surface area contributed by atoms with Crippen molar-refractivity contribution in [2.45, 2.75) is 43.2 Å². The van der Waals surface area contributed by atoms with E-state index in [0.29, 0.717) is 0 Å². The number of nitrogens with zero attached hydrogens (tertiary/aromatic N) is 1. The van der Waals surface area contributed by atoms with Crippen LogP contribution in [0.15, 0.2) is 24.3 Å². The third-order valence-corrected chi connectivity index (χ3v) is 4.28. The Hall–Kier alpha value is -2.52. The Labute approximate surface area is 135 Å². The first-order chi connectivity index (χ1) is 11.3. The fourth-order valence-electron chi connectivity index (χ4n) is 3.07. The summed E-state index contributed by atoms with van der Waals surface area (Å²) in [5.41, 5.74) is -1.81. The molecule has 24 heavy (non-hydrogen) atoms. The third-order valence-electron chi connectivity index (χ3n) is 4.28. The third kappa shape index (κ3) is 2.83. The van der Waals surface area contributed by atoms with Crippen LogP contribution in [-0.4, -0.2) is 51.0 Å². The van der Waals surface area contributed by atoms with Gasteiger partial charge in [0, 0.05) is 24.5 Å². The number of benzene rings is 1. The van der Waals surface area contributed by atoms with E-state index in [2.05, 4.69) is 0 Å². The highest BCUT2D eigenvalue weighted by Gasteiger charge is 2.58. The quantitative estimate of drug-likeness (QED) is 0.440. The molecule has 1 aromatic carbocycles. The average molecular weight is 337 g/mol. The minimum atomic E-state index is -1.77. The number of rotatable bonds is 4. The van der Waals surface area contributed by atoms with E-state index in [9.17, 15) is 29.9 Å². The Morgan fingerprint density at radius 1 is 1.42 bits per heavy atom. The van der Waals surface area contributed by atoms with Crippen molar-refractivity contribution >= 4 is 17.6 Å². The van der Waals surface area contributed by atoms with E-state index in [4.69, 9.17) is 9.47 Å². The standard InChI is InChI=1S/C15H15NO8/c17-12(5-8-3-1-2-4-9(8)16(21)22)23-10-6-15(20)7-11(13(10)18)24-14(15)19/h1-4,10-11,13,18,20H,5-7H2/t10-,11-,13-,15+/m1/s1. The van der Waals surface area contributed by atoms with Gasteiger partial charge in [0.2, 0.25) is 0 Å². The first-order valence-corrected chi connectivity index (χ1v) is 7.33. The van der Waals surface area contributed by atoms with Crippen LogP contribution in [0, 0.1) is 10.1 Å². The smallest absolute Gasteiger partial charge is 0.338 e. The van der Waals surface area contributed by atoms with Crippen LogP contribution in [0.4, 0.5) is 5.69 Å². The molecule has 0 radical (unpaired) electrons. The Kier molecular flexibility index (Phi) is 3.98. The summed E-state index contributed by atoms with van der Waals surface area (Å²) in [7, 11) is 0. The van der Waals surface area contributed by atoms with Crippen LogP contribution in [0.1, 0.15) is 18.4 Å². The van der Waals surface area contributed by atoms with E-state index in [1.165, 1.54) is 18.2 Å². The summed E-state index contributed by atoms with van der Waals surface area (Å²) >= 11 is 0. The van der Waals surface area contributed by atoms with Gasteiger partial charge in [0.1, 0.15) is 18.3 Å². The second-order valence-corrected chi connectivity index (χ2v) is 5.97. The number of carbonyl (C=O) groups is 2. The van der Waals surface area contributed by atoms with Crippen molar-refractivity contribution in [2.24, 2.45) is 0 Å². The molecule has 2 N–H and O–H groups in total. The molecule has 0 unspecified atom stereocenters. The molecular weight excluding hydrogens is 322 g/mol. The highest BCUT2D eigenvalue weighted by atomic mass is 16.6. The van der Waals surface area contributed by atoms with Gasteiger partial charge in [-0.1, -0.05) is 18.2 Å². The molecule has 1 aliphatic carbocycles. The zero-order valence-corrected chi connectivity index (χ0v) is 12.5. The number of carbonyl (C=O) groups excluding carboxylic acids is 2. The summed E-state index contributed by atoms with van der Waals surface area (Å²) in [5.74, 6) is -1.64. The van der Waals surface area contributed by atoms with E-state index >= 15 is 0 Å². The number of esters is 2. The van der Waals surface area contributed by atoms with Gasteiger partial charge < -0.3 is 19.7 Å². The normalized spacial score (nSPS) is 31.4. The van der Waals surface area contributed by atoms with Crippen molar-refractivity contribution in [3.63, 3.8) is 0 Å². The lowest BCUT2D eigenvalue weighted by Crippen LogP contribution is -2.50. The summed E-state index contributed by atoms with van der Waals surface area (Å²) in [6.07, 6.45) is -3.97. The summed E-state index contributed by atoms with van der Waals surface area (Å²) in [5, 5.41) is 31.1. The molecule has 0 amide bonds. The molecule has 9 heteroatoms. The van der Waals surface area contributed by atoms with Crippen molar-refractivity contribution in [2.75, 3.05) is 0 Å². The van der Waals surface area contributed by atoms with Gasteiger partial charge in [0.05, 0.1) is 11.3 Å². The van der Waals surface area contributed by atoms with Crippen LogP contribution in [0.25, 0.3) is 0 Å². The van der Waals surface area contributed by atoms with Gasteiger partial charge in [0.15, 0.2) is 5.60 Å². The Morgan fingerprint density at radius 3 is 2.83 bits per heavy atom. The van der Waals surface area contributed by atoms with Gasteiger partial charge in [0.25, 0.3) is 5.69 Å². The zero-order valence-electron chi connectivity index (χ0n) is 12.5. The van der Waals surface area contributed by atoms with Crippen LogP contribution in [0.2, 0.25) is 0 Å². The van der Waals surface area contributed by atoms with Crippen molar-refractivity contribution < 1.29 is 34.2 Å². The van der Waals surface area contributed by atoms with Crippen molar-refractivity contribution in [3.8, 4) is 0 Å². The highest BCUT2D eigenvalue weighted by Crippen LogP contribution is 2.39. The van der Waals surface area contributed by atoms with Gasteiger partial charge in [-0.05, 0) is 0 Å². The number of nitro benzene ring substituents is 1. The Bertz CT molecular complexity index is 704. The lowest BCUT2D eigenvalue weighted by molar-refractivity contribution is -0.385. The second kappa shape index (κ2) is 5.84. The molecule has 2 aliphatic rings. The van der Waals surface area contributed by atoms with E-state index in [1.54, 1.807) is 6.07 Å². The van der Waals surface area contributed by atoms with E-state index in [1.807, 2.05) is 0 Å². The van der Waals surface area contributed by atoms with Crippen LogP contribution in [0.3, 0.4) is 0 Å². The van der Waals surface area contributed by atoms with Crippen molar-refractivity contribution in [1.29, 1.82) is 0 Å². The second-order valence-electron chi connectivity index (χ2n) is 5.97. The maximum Gasteiger partial charge on any atom is 0.338 e. The largest absolute Gasteiger partial charge is 0.459 e. The number of fused-ring (bicyclic) bond motifs is 2. The molecule has 1 heterocycles. The predicted octanol–water partition coefficient (Wildman–Crippen LogP) is -0.140. The monoisotopic (exact) mass is 337 g/mol. The average Bonchev–Trinajstić information content (AvgIpc) is 2.77. The number of aliphatic hydroxyl groups is 2. The van der Waals surface area contributed by atoms with Gasteiger partial charge in [-0.3, -0.25) is 14.9 Å². The Morgan fingerprint density at radius 2 is 2.12 bits per heavy atom. The summed E-state index contributed by atoms with van der Waals surface area (Å²) in [6, 6.07) is 5.74. The minimum absolute atomic E-state index is 0.0504. The first-order valence-electron chi connectivity index (χ1n) is 7.33. The van der Waals surface area contributed by atoms with Crippen LogP contribution in [-0.2, 0) is 25.5 Å². The van der Waals surface area contributed by atoms with Gasteiger partial charge in [-0.25, -0.2) is 4.79 Å². The number of nitro groups is 1. The maximum atomic E-state index is 12.1. The van der Waals surface area contributed by atoms with Crippen molar-refractivity contribution in [1.82, 2.24) is 0 Å². The number of para-hydroxylation sites is 1. The Balaban J connectivity index is 1.70. The fourth-order valence-corrected chi connectivity index (χ4v) is 3.07. The molecule has 1 aliphatic heterocycles. The lowest BCUT2D eigenvalue weighted by atomic mass is 9.82. The van der Waals surface area contributed by atoms with Crippen molar-refractivity contribution in [3.05, 3.63) is 39.9 Å². The van der Waals surface area contributed by atoms with E-state index in [0.717, 1.165) is 0 Å². The highest BCUT2D eigenvalue weighted by molar-refractivity contribution is 5.82. The molecule has 1 saturated carbocycles. The maximum absolute atomic E-state index is 12.1. The SMILES string of the molecule is O=C(Cc1ccccc1[N+](=O)[O-])O[C@@H]1C[C@]2(O)C[C@@H](OC2=O)[C@@H]1O. The van der Waals surface area contributed by atoms with Crippen LogP contribution in [0.5, 0.6) is 0 Å². The van der Waals surface area contributed by atoms with Crippen LogP contribution < -0.4 is 0 Å². The molecule has 1 aromatic rings. The summed E-state index contributed by atoms with van der Waals surface area (Å²) < 4.78 is 9.99. The summed E-state index contributed by atoms with van der Waals surface area (Å²) in [6.45, 7) is 0. The van der Waals surface area contributed by atoms with Gasteiger partial charge >= 0.3 is 11.9 Å². The molecule has 2 bridgehead atoms. The lowest BCUT2D eigenvalue weighted by Gasteiger charge is -2.33. The molecule has 128 valence electrons. The number of hydrogen-bond acceptors (Lipinski definition) is 8. The number of hydrogen-bond donors (Lipinski definition) is 2. The number of ether oxygens (including phenoxy) is 2. The molecule has 2 fully saturated rings. The van der Waals surface area contributed by atoms with Gasteiger partial charge in [-0.15, -0.1) is 0 Å². The predicted molar refractivity (Wildman–Crippen MR) is 76.8 cm³/mol. The van der Waals surface area contributed by atoms with Crippen LogP contribution >= 0.6 is 0 Å². The van der Waals surface area contributed by atoms with Gasteiger partial charge in [-0.2, -0.15) is 0 Å². The topological polar surface area (TPSA) is 136 Å². The zero-order chi connectivity index (χ0) is 17.5. The molecule has 0 aromatic heterocycles. The molecule has 4 atom stereocenters. The fraction of sp³-hybridized carbons (Fsp3) is 0.467. The summed E-state index contributed by atoms with van der Waals surface area (Å²) in [4.78, 5) is 34.0. The number of aliphatic hydroxyl groups excluding tert-OH is 1. The molecule has 1 saturated heterocycles.